The Hall–Kier alpha value is -2.17. The van der Waals surface area contributed by atoms with E-state index in [1.807, 2.05) is 36.4 Å². The van der Waals surface area contributed by atoms with E-state index in [1.54, 1.807) is 0 Å². The molecule has 130 valence electrons. The van der Waals surface area contributed by atoms with E-state index in [9.17, 15) is 4.79 Å². The van der Waals surface area contributed by atoms with Gasteiger partial charge in [0, 0.05) is 6.04 Å². The Morgan fingerprint density at radius 2 is 1.52 bits per heavy atom. The van der Waals surface area contributed by atoms with Gasteiger partial charge in [0.15, 0.2) is 0 Å². The van der Waals surface area contributed by atoms with Crippen LogP contribution in [0.25, 0.3) is 0 Å². The lowest BCUT2D eigenvalue weighted by Crippen LogP contribution is -2.51. The molecule has 1 heterocycles. The first-order valence-electron chi connectivity index (χ1n) is 9.11. The lowest BCUT2D eigenvalue weighted by molar-refractivity contribution is -0.124. The molecule has 2 fully saturated rings. The predicted molar refractivity (Wildman–Crippen MR) is 98.7 cm³/mol. The maximum absolute atomic E-state index is 13.0. The number of hydrogen-bond acceptors (Lipinski definition) is 3. The molecule has 1 amide bonds. The SMILES string of the molecule is CC(NC(=O)C1CC(C2CC2)NN1)(c1ccccc1)c1ccccc1. The summed E-state index contributed by atoms with van der Waals surface area (Å²) in [5, 5.41) is 3.31. The molecule has 4 nitrogen and oxygen atoms in total. The minimum absolute atomic E-state index is 0.0471. The van der Waals surface area contributed by atoms with Crippen molar-refractivity contribution in [1.82, 2.24) is 16.2 Å². The van der Waals surface area contributed by atoms with Crippen molar-refractivity contribution in [3.63, 3.8) is 0 Å². The Labute approximate surface area is 149 Å². The third kappa shape index (κ3) is 3.32. The highest BCUT2D eigenvalue weighted by atomic mass is 16.2. The molecule has 2 unspecified atom stereocenters. The lowest BCUT2D eigenvalue weighted by atomic mass is 9.84. The molecule has 0 aromatic heterocycles. The van der Waals surface area contributed by atoms with Crippen molar-refractivity contribution in [2.24, 2.45) is 5.92 Å². The Balaban J connectivity index is 1.57. The zero-order chi connectivity index (χ0) is 17.3. The lowest BCUT2D eigenvalue weighted by Gasteiger charge is -2.33. The van der Waals surface area contributed by atoms with E-state index in [-0.39, 0.29) is 11.9 Å². The second kappa shape index (κ2) is 6.62. The molecule has 2 aliphatic rings. The highest BCUT2D eigenvalue weighted by Gasteiger charge is 2.40. The first-order valence-corrected chi connectivity index (χ1v) is 9.11. The van der Waals surface area contributed by atoms with Gasteiger partial charge in [0.1, 0.15) is 6.04 Å². The molecule has 2 aromatic rings. The van der Waals surface area contributed by atoms with E-state index < -0.39 is 5.54 Å². The summed E-state index contributed by atoms with van der Waals surface area (Å²) in [5.41, 5.74) is 8.10. The molecular weight excluding hydrogens is 310 g/mol. The second-order valence-corrected chi connectivity index (χ2v) is 7.37. The van der Waals surface area contributed by atoms with Crippen LogP contribution in [0, 0.1) is 5.92 Å². The number of amides is 1. The fraction of sp³-hybridized carbons (Fsp3) is 0.381. The zero-order valence-corrected chi connectivity index (χ0v) is 14.5. The van der Waals surface area contributed by atoms with Crippen LogP contribution in [0.3, 0.4) is 0 Å². The Kier molecular flexibility index (Phi) is 4.32. The number of carbonyl (C=O) groups excluding carboxylic acids is 1. The van der Waals surface area contributed by atoms with Crippen LogP contribution in [-0.2, 0) is 10.3 Å². The molecule has 25 heavy (non-hydrogen) atoms. The van der Waals surface area contributed by atoms with Gasteiger partial charge in [-0.25, -0.2) is 5.43 Å². The Bertz CT molecular complexity index is 688. The first-order chi connectivity index (χ1) is 12.2. The van der Waals surface area contributed by atoms with Crippen LogP contribution in [0.15, 0.2) is 60.7 Å². The van der Waals surface area contributed by atoms with Gasteiger partial charge in [-0.1, -0.05) is 60.7 Å². The third-order valence-corrected chi connectivity index (χ3v) is 5.52. The summed E-state index contributed by atoms with van der Waals surface area (Å²) in [6.45, 7) is 2.08. The van der Waals surface area contributed by atoms with Gasteiger partial charge in [-0.15, -0.1) is 0 Å². The van der Waals surface area contributed by atoms with Crippen LogP contribution in [0.2, 0.25) is 0 Å². The summed E-state index contributed by atoms with van der Waals surface area (Å²) in [5.74, 6) is 0.783. The number of hydrogen-bond donors (Lipinski definition) is 3. The highest BCUT2D eigenvalue weighted by Crippen LogP contribution is 2.36. The van der Waals surface area contributed by atoms with Gasteiger partial charge in [-0.3, -0.25) is 10.2 Å². The minimum Gasteiger partial charge on any atom is -0.341 e. The number of hydrazine groups is 1. The normalized spacial score (nSPS) is 23.4. The molecule has 0 radical (unpaired) electrons. The summed E-state index contributed by atoms with van der Waals surface area (Å²) in [6, 6.07) is 20.6. The smallest absolute Gasteiger partial charge is 0.239 e. The van der Waals surface area contributed by atoms with Gasteiger partial charge in [-0.2, -0.15) is 0 Å². The fourth-order valence-corrected chi connectivity index (χ4v) is 3.75. The fourth-order valence-electron chi connectivity index (χ4n) is 3.75. The zero-order valence-electron chi connectivity index (χ0n) is 14.5. The maximum atomic E-state index is 13.0. The van der Waals surface area contributed by atoms with E-state index in [4.69, 9.17) is 0 Å². The number of nitrogens with one attached hydrogen (secondary N) is 3. The van der Waals surface area contributed by atoms with Crippen molar-refractivity contribution < 1.29 is 4.79 Å². The maximum Gasteiger partial charge on any atom is 0.239 e. The monoisotopic (exact) mass is 335 g/mol. The second-order valence-electron chi connectivity index (χ2n) is 7.37. The number of benzene rings is 2. The van der Waals surface area contributed by atoms with Crippen molar-refractivity contribution in [2.75, 3.05) is 0 Å². The molecule has 2 atom stereocenters. The van der Waals surface area contributed by atoms with Gasteiger partial charge in [0.05, 0.1) is 5.54 Å². The van der Waals surface area contributed by atoms with E-state index >= 15 is 0 Å². The number of carbonyl (C=O) groups is 1. The molecular formula is C21H25N3O. The minimum atomic E-state index is -0.557. The van der Waals surface area contributed by atoms with Crippen LogP contribution < -0.4 is 16.2 Å². The van der Waals surface area contributed by atoms with Gasteiger partial charge in [-0.05, 0) is 43.2 Å². The van der Waals surface area contributed by atoms with Crippen LogP contribution in [0.1, 0.15) is 37.3 Å². The van der Waals surface area contributed by atoms with E-state index in [0.29, 0.717) is 6.04 Å². The van der Waals surface area contributed by atoms with Crippen LogP contribution >= 0.6 is 0 Å². The molecule has 4 rings (SSSR count). The molecule has 1 aliphatic heterocycles. The van der Waals surface area contributed by atoms with E-state index in [1.165, 1.54) is 12.8 Å². The molecule has 0 spiro atoms. The van der Waals surface area contributed by atoms with Crippen molar-refractivity contribution >= 4 is 5.91 Å². The van der Waals surface area contributed by atoms with Crippen molar-refractivity contribution in [1.29, 1.82) is 0 Å². The Morgan fingerprint density at radius 3 is 2.04 bits per heavy atom. The first kappa shape index (κ1) is 16.3. The largest absolute Gasteiger partial charge is 0.341 e. The summed E-state index contributed by atoms with van der Waals surface area (Å²) < 4.78 is 0. The molecule has 1 aliphatic carbocycles. The van der Waals surface area contributed by atoms with Gasteiger partial charge < -0.3 is 5.32 Å². The van der Waals surface area contributed by atoms with Gasteiger partial charge in [0.2, 0.25) is 5.91 Å². The third-order valence-electron chi connectivity index (χ3n) is 5.52. The standard InChI is InChI=1S/C21H25N3O/c1-21(16-8-4-2-5-9-16,17-10-6-3-7-11-17)22-20(25)19-14-18(23-24-19)15-12-13-15/h2-11,15,18-19,23-24H,12-14H2,1H3,(H,22,25). The van der Waals surface area contributed by atoms with Crippen LogP contribution in [-0.4, -0.2) is 18.0 Å². The summed E-state index contributed by atoms with van der Waals surface area (Å²) in [7, 11) is 0. The van der Waals surface area contributed by atoms with Crippen molar-refractivity contribution in [3.8, 4) is 0 Å². The van der Waals surface area contributed by atoms with Gasteiger partial charge >= 0.3 is 0 Å². The average Bonchev–Trinajstić information content (AvgIpc) is 3.39. The molecule has 0 bridgehead atoms. The van der Waals surface area contributed by atoms with E-state index in [2.05, 4.69) is 47.4 Å². The average molecular weight is 335 g/mol. The summed E-state index contributed by atoms with van der Waals surface area (Å²) in [6.07, 6.45) is 3.41. The topological polar surface area (TPSA) is 53.2 Å². The van der Waals surface area contributed by atoms with Crippen LogP contribution in [0.4, 0.5) is 0 Å². The Morgan fingerprint density at radius 1 is 0.960 bits per heavy atom. The summed E-state index contributed by atoms with van der Waals surface area (Å²) in [4.78, 5) is 13.0. The van der Waals surface area contributed by atoms with Gasteiger partial charge in [0.25, 0.3) is 0 Å². The van der Waals surface area contributed by atoms with Crippen LogP contribution in [0.5, 0.6) is 0 Å². The number of rotatable bonds is 5. The quantitative estimate of drug-likeness (QED) is 0.787. The summed E-state index contributed by atoms with van der Waals surface area (Å²) >= 11 is 0. The molecule has 2 aromatic carbocycles. The molecule has 3 N–H and O–H groups in total. The molecule has 4 heteroatoms. The van der Waals surface area contributed by atoms with Crippen molar-refractivity contribution in [2.45, 2.75) is 43.8 Å². The van der Waals surface area contributed by atoms with Crippen molar-refractivity contribution in [3.05, 3.63) is 71.8 Å². The molecule has 1 saturated heterocycles. The highest BCUT2D eigenvalue weighted by molar-refractivity contribution is 5.83. The van der Waals surface area contributed by atoms with E-state index in [0.717, 1.165) is 23.5 Å². The molecule has 1 saturated carbocycles. The predicted octanol–water partition coefficient (Wildman–Crippen LogP) is 2.71.